The van der Waals surface area contributed by atoms with Crippen molar-refractivity contribution in [3.05, 3.63) is 46.8 Å². The molecule has 0 atom stereocenters. The van der Waals surface area contributed by atoms with Crippen LogP contribution in [0.15, 0.2) is 40.6 Å². The Balaban J connectivity index is 1.97. The zero-order chi connectivity index (χ0) is 19.5. The summed E-state index contributed by atoms with van der Waals surface area (Å²) >= 11 is 0.964. The highest BCUT2D eigenvalue weighted by atomic mass is 32.2. The van der Waals surface area contributed by atoms with E-state index in [1.165, 1.54) is 6.07 Å². The van der Waals surface area contributed by atoms with Gasteiger partial charge in [0.2, 0.25) is 15.9 Å². The Morgan fingerprint density at radius 3 is 2.19 bits per heavy atom. The van der Waals surface area contributed by atoms with Crippen molar-refractivity contribution in [2.24, 2.45) is 5.14 Å². The molecule has 7 nitrogen and oxygen atoms in total. The number of amides is 2. The second-order valence-corrected chi connectivity index (χ2v) is 9.73. The van der Waals surface area contributed by atoms with Crippen molar-refractivity contribution in [1.82, 2.24) is 5.32 Å². The number of benzene rings is 1. The molecule has 0 fully saturated rings. The number of rotatable bonds is 5. The molecule has 9 heteroatoms. The van der Waals surface area contributed by atoms with Crippen LogP contribution in [0.4, 0.5) is 5.69 Å². The van der Waals surface area contributed by atoms with E-state index in [0.29, 0.717) is 16.1 Å². The van der Waals surface area contributed by atoms with Gasteiger partial charge in [-0.1, -0.05) is 0 Å². The smallest absolute Gasteiger partial charge is 0.251 e. The summed E-state index contributed by atoms with van der Waals surface area (Å²) in [6.07, 6.45) is 0.0342. The number of nitrogens with two attached hydrogens (primary N) is 1. The number of primary sulfonamides is 1. The van der Waals surface area contributed by atoms with E-state index in [2.05, 4.69) is 10.6 Å². The molecule has 0 bridgehead atoms. The van der Waals surface area contributed by atoms with Crippen LogP contribution in [0.2, 0.25) is 0 Å². The second-order valence-electron chi connectivity index (χ2n) is 6.77. The lowest BCUT2D eigenvalue weighted by Gasteiger charge is -2.20. The number of nitrogens with one attached hydrogen (secondary N) is 2. The van der Waals surface area contributed by atoms with Crippen molar-refractivity contribution in [3.8, 4) is 0 Å². The molecule has 0 aliphatic carbocycles. The molecule has 4 N–H and O–H groups in total. The van der Waals surface area contributed by atoms with E-state index in [4.69, 9.17) is 5.14 Å². The van der Waals surface area contributed by atoms with Crippen LogP contribution in [0.5, 0.6) is 0 Å². The molecule has 2 rings (SSSR count). The molecule has 140 valence electrons. The van der Waals surface area contributed by atoms with Crippen molar-refractivity contribution in [2.45, 2.75) is 36.9 Å². The van der Waals surface area contributed by atoms with Gasteiger partial charge in [-0.15, -0.1) is 11.3 Å². The lowest BCUT2D eigenvalue weighted by atomic mass is 10.1. The van der Waals surface area contributed by atoms with E-state index in [-0.39, 0.29) is 28.0 Å². The molecular weight excluding hydrogens is 374 g/mol. The zero-order valence-corrected chi connectivity index (χ0v) is 16.3. The van der Waals surface area contributed by atoms with Gasteiger partial charge in [0.15, 0.2) is 0 Å². The summed E-state index contributed by atoms with van der Waals surface area (Å²) in [5.74, 6) is -0.482. The Labute approximate surface area is 156 Å². The largest absolute Gasteiger partial charge is 0.347 e. The van der Waals surface area contributed by atoms with Crippen LogP contribution < -0.4 is 15.8 Å². The Morgan fingerprint density at radius 2 is 1.69 bits per heavy atom. The highest BCUT2D eigenvalue weighted by Crippen LogP contribution is 2.21. The maximum absolute atomic E-state index is 12.1. The molecule has 0 radical (unpaired) electrons. The van der Waals surface area contributed by atoms with Gasteiger partial charge in [0.1, 0.15) is 4.21 Å². The molecule has 26 heavy (non-hydrogen) atoms. The van der Waals surface area contributed by atoms with Gasteiger partial charge in [0.25, 0.3) is 5.91 Å². The van der Waals surface area contributed by atoms with Crippen LogP contribution in [0, 0.1) is 0 Å². The highest BCUT2D eigenvalue weighted by molar-refractivity contribution is 7.91. The number of carbonyl (C=O) groups excluding carboxylic acids is 2. The first kappa shape index (κ1) is 20.1. The molecular formula is C17H21N3O4S2. The minimum atomic E-state index is -3.75. The second kappa shape index (κ2) is 7.56. The lowest BCUT2D eigenvalue weighted by Crippen LogP contribution is -2.40. The van der Waals surface area contributed by atoms with Gasteiger partial charge in [-0.3, -0.25) is 9.59 Å². The maximum Gasteiger partial charge on any atom is 0.251 e. The number of sulfonamides is 1. The van der Waals surface area contributed by atoms with Crippen LogP contribution in [-0.2, 0) is 21.2 Å². The van der Waals surface area contributed by atoms with Gasteiger partial charge < -0.3 is 10.6 Å². The van der Waals surface area contributed by atoms with E-state index in [1.807, 2.05) is 20.8 Å². The van der Waals surface area contributed by atoms with Crippen molar-refractivity contribution < 1.29 is 18.0 Å². The van der Waals surface area contributed by atoms with Crippen molar-refractivity contribution in [3.63, 3.8) is 0 Å². The Bertz CT molecular complexity index is 910. The van der Waals surface area contributed by atoms with Crippen molar-refractivity contribution in [2.75, 3.05) is 5.32 Å². The van der Waals surface area contributed by atoms with Crippen LogP contribution in [0.3, 0.4) is 0 Å². The van der Waals surface area contributed by atoms with Gasteiger partial charge in [0, 0.05) is 21.7 Å². The van der Waals surface area contributed by atoms with Crippen molar-refractivity contribution >= 4 is 38.9 Å². The van der Waals surface area contributed by atoms with Crippen molar-refractivity contribution in [1.29, 1.82) is 0 Å². The summed E-state index contributed by atoms with van der Waals surface area (Å²) in [5.41, 5.74) is 0.708. The number of hydrogen-bond donors (Lipinski definition) is 3. The number of hydrogen-bond acceptors (Lipinski definition) is 5. The molecule has 1 aromatic carbocycles. The van der Waals surface area contributed by atoms with Gasteiger partial charge >= 0.3 is 0 Å². The number of carbonyl (C=O) groups is 2. The molecule has 2 aromatic rings. The zero-order valence-electron chi connectivity index (χ0n) is 14.7. The summed E-state index contributed by atoms with van der Waals surface area (Å²) in [6, 6.07) is 9.47. The fourth-order valence-electron chi connectivity index (χ4n) is 2.09. The van der Waals surface area contributed by atoms with E-state index >= 15 is 0 Å². The van der Waals surface area contributed by atoms with Gasteiger partial charge in [-0.05, 0) is 57.2 Å². The maximum atomic E-state index is 12.1. The predicted octanol–water partition coefficient (Wildman–Crippen LogP) is 2.10. The SMILES string of the molecule is CC(C)(C)NC(=O)c1ccc(NC(=O)Cc2ccc(S(N)(=O)=O)s2)cc1. The molecule has 0 saturated carbocycles. The topological polar surface area (TPSA) is 118 Å². The Morgan fingerprint density at radius 1 is 1.08 bits per heavy atom. The minimum absolute atomic E-state index is 0.0227. The minimum Gasteiger partial charge on any atom is -0.347 e. The molecule has 0 saturated heterocycles. The van der Waals surface area contributed by atoms with E-state index in [9.17, 15) is 18.0 Å². The van der Waals surface area contributed by atoms with E-state index in [1.54, 1.807) is 30.3 Å². The molecule has 0 aliphatic rings. The van der Waals surface area contributed by atoms with E-state index in [0.717, 1.165) is 11.3 Å². The third-order valence-electron chi connectivity index (χ3n) is 3.17. The van der Waals surface area contributed by atoms with Crippen LogP contribution in [-0.4, -0.2) is 25.8 Å². The molecule has 0 spiro atoms. The lowest BCUT2D eigenvalue weighted by molar-refractivity contribution is -0.115. The van der Waals surface area contributed by atoms with Gasteiger partial charge in [-0.25, -0.2) is 13.6 Å². The quantitative estimate of drug-likeness (QED) is 0.718. The Hall–Kier alpha value is -2.23. The van der Waals surface area contributed by atoms with E-state index < -0.39 is 10.0 Å². The Kier molecular flexibility index (Phi) is 5.84. The third kappa shape index (κ3) is 5.94. The standard InChI is InChI=1S/C17H21N3O4S2/c1-17(2,3)20-16(22)11-4-6-12(7-5-11)19-14(21)10-13-8-9-15(25-13)26(18,23)24/h4-9H,10H2,1-3H3,(H,19,21)(H,20,22)(H2,18,23,24). The summed E-state index contributed by atoms with van der Waals surface area (Å²) in [5, 5.41) is 10.6. The van der Waals surface area contributed by atoms with Gasteiger partial charge in [-0.2, -0.15) is 0 Å². The first-order valence-corrected chi connectivity index (χ1v) is 10.1. The highest BCUT2D eigenvalue weighted by Gasteiger charge is 2.16. The monoisotopic (exact) mass is 395 g/mol. The summed E-state index contributed by atoms with van der Waals surface area (Å²) in [6.45, 7) is 5.68. The normalized spacial score (nSPS) is 11.8. The van der Waals surface area contributed by atoms with Crippen LogP contribution in [0.1, 0.15) is 36.0 Å². The average molecular weight is 396 g/mol. The third-order valence-corrected chi connectivity index (χ3v) is 5.70. The number of thiophene rings is 1. The van der Waals surface area contributed by atoms with Crippen LogP contribution >= 0.6 is 11.3 Å². The summed E-state index contributed by atoms with van der Waals surface area (Å²) < 4.78 is 22.5. The molecule has 1 aromatic heterocycles. The molecule has 2 amide bonds. The fraction of sp³-hybridized carbons (Fsp3) is 0.294. The average Bonchev–Trinajstić information content (AvgIpc) is 2.94. The van der Waals surface area contributed by atoms with Gasteiger partial charge in [0.05, 0.1) is 6.42 Å². The first-order valence-electron chi connectivity index (χ1n) is 7.78. The summed E-state index contributed by atoms with van der Waals surface area (Å²) in [7, 11) is -3.75. The predicted molar refractivity (Wildman–Crippen MR) is 102 cm³/mol. The summed E-state index contributed by atoms with van der Waals surface area (Å²) in [4.78, 5) is 24.7. The molecule has 1 heterocycles. The van der Waals surface area contributed by atoms with Crippen LogP contribution in [0.25, 0.3) is 0 Å². The fourth-order valence-corrected chi connectivity index (χ4v) is 3.86. The first-order chi connectivity index (χ1) is 11.9. The molecule has 0 unspecified atom stereocenters. The molecule has 0 aliphatic heterocycles. The number of anilines is 1.